The van der Waals surface area contributed by atoms with Crippen molar-refractivity contribution in [3.05, 3.63) is 24.3 Å². The van der Waals surface area contributed by atoms with E-state index in [1.807, 2.05) is 25.1 Å². The van der Waals surface area contributed by atoms with Crippen LogP contribution >= 0.6 is 0 Å². The van der Waals surface area contributed by atoms with Gasteiger partial charge in [0.1, 0.15) is 0 Å². The first-order valence-electron chi connectivity index (χ1n) is 3.53. The van der Waals surface area contributed by atoms with Crippen LogP contribution in [0.1, 0.15) is 0 Å². The first-order valence-corrected chi connectivity index (χ1v) is 4.71. The molecule has 0 aliphatic heterocycles. The van der Waals surface area contributed by atoms with E-state index in [0.29, 0.717) is 4.90 Å². The summed E-state index contributed by atoms with van der Waals surface area (Å²) in [7, 11) is 1.28. The third-order valence-corrected chi connectivity index (χ3v) is 2.26. The molecule has 0 amide bonds. The fourth-order valence-electron chi connectivity index (χ4n) is 0.885. The highest BCUT2D eigenvalue weighted by Gasteiger charge is 1.97. The summed E-state index contributed by atoms with van der Waals surface area (Å²) in [5.41, 5.74) is 0.895. The van der Waals surface area contributed by atoms with Crippen molar-refractivity contribution in [2.75, 3.05) is 19.0 Å². The normalized spacial score (nSPS) is 10.2. The van der Waals surface area contributed by atoms with E-state index in [4.69, 9.17) is 0 Å². The lowest BCUT2D eigenvalue weighted by molar-refractivity contribution is 0.614. The van der Waals surface area contributed by atoms with Crippen LogP contribution in [0.5, 0.6) is 0 Å². The van der Waals surface area contributed by atoms with Gasteiger partial charge in [0.2, 0.25) is 0 Å². The second-order valence-electron chi connectivity index (χ2n) is 2.67. The third kappa shape index (κ3) is 1.98. The molecule has 1 aromatic rings. The molecule has 0 saturated heterocycles. The fraction of sp³-hybridized carbons (Fsp3) is 0.250. The molecule has 0 aromatic heterocycles. The maximum atomic E-state index is 10.6. The lowest BCUT2D eigenvalue weighted by atomic mass is 10.3. The Kier molecular flexibility index (Phi) is 2.70. The summed E-state index contributed by atoms with van der Waals surface area (Å²) >= 11 is 0. The number of thiol groups is 1. The maximum Gasteiger partial charge on any atom is 0.168 e. The van der Waals surface area contributed by atoms with Gasteiger partial charge in [-0.25, -0.2) is 8.42 Å². The van der Waals surface area contributed by atoms with Crippen molar-refractivity contribution >= 4 is 16.4 Å². The Balaban J connectivity index is 3.12. The molecule has 4 heteroatoms. The van der Waals surface area contributed by atoms with Crippen LogP contribution in [0.25, 0.3) is 0 Å². The maximum absolute atomic E-state index is 10.6. The molecule has 0 bridgehead atoms. The van der Waals surface area contributed by atoms with E-state index in [-0.39, 0.29) is 0 Å². The van der Waals surface area contributed by atoms with Crippen molar-refractivity contribution in [1.82, 2.24) is 0 Å². The average molecular weight is 185 g/mol. The average Bonchev–Trinajstić information content (AvgIpc) is 2.04. The summed E-state index contributed by atoms with van der Waals surface area (Å²) < 4.78 is 21.2. The van der Waals surface area contributed by atoms with Crippen LogP contribution in [-0.2, 0) is 10.7 Å². The van der Waals surface area contributed by atoms with Gasteiger partial charge in [0.05, 0.1) is 4.90 Å². The molecule has 0 radical (unpaired) electrons. The van der Waals surface area contributed by atoms with Crippen LogP contribution in [0, 0.1) is 0 Å². The van der Waals surface area contributed by atoms with Gasteiger partial charge in [-0.15, -0.1) is 0 Å². The summed E-state index contributed by atoms with van der Waals surface area (Å²) in [6, 6.07) is 6.82. The monoisotopic (exact) mass is 185 g/mol. The largest absolute Gasteiger partial charge is 0.378 e. The van der Waals surface area contributed by atoms with Gasteiger partial charge in [-0.3, -0.25) is 0 Å². The van der Waals surface area contributed by atoms with Crippen molar-refractivity contribution in [2.24, 2.45) is 0 Å². The number of hydrogen-bond acceptors (Lipinski definition) is 3. The van der Waals surface area contributed by atoms with Gasteiger partial charge in [0.15, 0.2) is 10.7 Å². The Morgan fingerprint density at radius 1 is 1.25 bits per heavy atom. The molecule has 1 rings (SSSR count). The fourth-order valence-corrected chi connectivity index (χ4v) is 1.33. The lowest BCUT2D eigenvalue weighted by Crippen LogP contribution is -2.08. The zero-order valence-corrected chi connectivity index (χ0v) is 7.91. The summed E-state index contributed by atoms with van der Waals surface area (Å²) in [4.78, 5) is 2.22. The number of rotatable bonds is 2. The number of nitrogens with zero attached hydrogens (tertiary/aromatic N) is 1. The zero-order chi connectivity index (χ0) is 9.14. The second kappa shape index (κ2) is 3.58. The van der Waals surface area contributed by atoms with Crippen LogP contribution in [0.15, 0.2) is 29.2 Å². The number of anilines is 1. The van der Waals surface area contributed by atoms with Crippen LogP contribution < -0.4 is 4.90 Å². The SMILES string of the molecule is CN(C)c1cccc([SH](=O)=O)c1. The second-order valence-corrected chi connectivity index (χ2v) is 3.70. The lowest BCUT2D eigenvalue weighted by Gasteiger charge is -2.11. The molecule has 0 N–H and O–H groups in total. The molecule has 66 valence electrons. The zero-order valence-electron chi connectivity index (χ0n) is 7.02. The molecule has 0 spiro atoms. The van der Waals surface area contributed by atoms with Crippen molar-refractivity contribution in [3.8, 4) is 0 Å². The van der Waals surface area contributed by atoms with Crippen LogP contribution in [0.4, 0.5) is 5.69 Å². The topological polar surface area (TPSA) is 37.4 Å². The molecule has 0 saturated carbocycles. The van der Waals surface area contributed by atoms with Gasteiger partial charge in [-0.1, -0.05) is 6.07 Å². The molecule has 1 aromatic carbocycles. The van der Waals surface area contributed by atoms with Gasteiger partial charge in [-0.2, -0.15) is 0 Å². The van der Waals surface area contributed by atoms with Crippen LogP contribution in [-0.4, -0.2) is 22.5 Å². The van der Waals surface area contributed by atoms with E-state index < -0.39 is 10.7 Å². The smallest absolute Gasteiger partial charge is 0.168 e. The third-order valence-electron chi connectivity index (χ3n) is 1.56. The van der Waals surface area contributed by atoms with Gasteiger partial charge >= 0.3 is 0 Å². The van der Waals surface area contributed by atoms with Crippen LogP contribution in [0.3, 0.4) is 0 Å². The standard InChI is InChI=1S/C8H11NO2S/c1-9(2)7-4-3-5-8(6-7)12(10)11/h3-6,12H,1-2H3. The highest BCUT2D eigenvalue weighted by Crippen LogP contribution is 2.13. The highest BCUT2D eigenvalue weighted by atomic mass is 32.2. The van der Waals surface area contributed by atoms with E-state index in [2.05, 4.69) is 0 Å². The van der Waals surface area contributed by atoms with E-state index in [0.717, 1.165) is 5.69 Å². The Morgan fingerprint density at radius 2 is 1.92 bits per heavy atom. The molecular formula is C8H11NO2S. The molecule has 12 heavy (non-hydrogen) atoms. The van der Waals surface area contributed by atoms with Crippen molar-refractivity contribution in [3.63, 3.8) is 0 Å². The molecule has 3 nitrogen and oxygen atoms in total. The Bertz CT molecular complexity index is 337. The molecule has 0 fully saturated rings. The Morgan fingerprint density at radius 3 is 2.42 bits per heavy atom. The van der Waals surface area contributed by atoms with Crippen molar-refractivity contribution in [1.29, 1.82) is 0 Å². The minimum Gasteiger partial charge on any atom is -0.378 e. The predicted molar refractivity (Wildman–Crippen MR) is 49.3 cm³/mol. The Labute approximate surface area is 73.6 Å². The summed E-state index contributed by atoms with van der Waals surface area (Å²) in [6.45, 7) is 0. The molecule has 0 aliphatic carbocycles. The summed E-state index contributed by atoms with van der Waals surface area (Å²) in [5, 5.41) is 0. The first kappa shape index (κ1) is 9.06. The van der Waals surface area contributed by atoms with Gasteiger partial charge in [0, 0.05) is 19.8 Å². The number of benzene rings is 1. The van der Waals surface area contributed by atoms with Gasteiger partial charge < -0.3 is 4.90 Å². The molecule has 0 heterocycles. The number of hydrogen-bond donors (Lipinski definition) is 1. The van der Waals surface area contributed by atoms with Crippen molar-refractivity contribution in [2.45, 2.75) is 4.90 Å². The highest BCUT2D eigenvalue weighted by molar-refractivity contribution is 7.72. The predicted octanol–water partition coefficient (Wildman–Crippen LogP) is 0.723. The molecule has 0 aliphatic rings. The van der Waals surface area contributed by atoms with E-state index >= 15 is 0 Å². The summed E-state index contributed by atoms with van der Waals surface area (Å²) in [5.74, 6) is 0. The quantitative estimate of drug-likeness (QED) is 0.690. The minimum absolute atomic E-state index is 0.358. The van der Waals surface area contributed by atoms with Gasteiger partial charge in [0.25, 0.3) is 0 Å². The Hall–Kier alpha value is -1.03. The van der Waals surface area contributed by atoms with Crippen LogP contribution in [0.2, 0.25) is 0 Å². The van der Waals surface area contributed by atoms with E-state index in [9.17, 15) is 8.42 Å². The molecule has 0 unspecified atom stereocenters. The van der Waals surface area contributed by atoms with Gasteiger partial charge in [-0.05, 0) is 18.2 Å². The van der Waals surface area contributed by atoms with E-state index in [1.54, 1.807) is 18.2 Å². The van der Waals surface area contributed by atoms with E-state index in [1.165, 1.54) is 0 Å². The minimum atomic E-state index is -2.46. The molecule has 0 atom stereocenters. The first-order chi connectivity index (χ1) is 5.61. The summed E-state index contributed by atoms with van der Waals surface area (Å²) in [6.07, 6.45) is 0. The van der Waals surface area contributed by atoms with Crippen molar-refractivity contribution < 1.29 is 8.42 Å². The molecular weight excluding hydrogens is 174 g/mol.